The number of hydrogen-bond donors (Lipinski definition) is 2. The molecule has 0 radical (unpaired) electrons. The van der Waals surface area contributed by atoms with Gasteiger partial charge < -0.3 is 15.8 Å². The zero-order valence-electron chi connectivity index (χ0n) is 10.9. The fourth-order valence-electron chi connectivity index (χ4n) is 1.97. The van der Waals surface area contributed by atoms with Gasteiger partial charge >= 0.3 is 0 Å². The van der Waals surface area contributed by atoms with Gasteiger partial charge in [-0.3, -0.25) is 4.79 Å². The van der Waals surface area contributed by atoms with Crippen molar-refractivity contribution in [2.45, 2.75) is 33.2 Å². The van der Waals surface area contributed by atoms with Gasteiger partial charge in [0.15, 0.2) is 5.13 Å². The number of carbonyl (C=O) groups excluding carboxylic acids is 1. The Kier molecular flexibility index (Phi) is 3.70. The second-order valence-electron chi connectivity index (χ2n) is 4.87. The van der Waals surface area contributed by atoms with Crippen LogP contribution in [0.15, 0.2) is 0 Å². The highest BCUT2D eigenvalue weighted by Crippen LogP contribution is 2.30. The molecule has 0 aliphatic carbocycles. The minimum atomic E-state index is -0.661. The molecule has 5 nitrogen and oxygen atoms in total. The first-order valence-electron chi connectivity index (χ1n) is 6.08. The van der Waals surface area contributed by atoms with Crippen LogP contribution in [0.5, 0.6) is 0 Å². The average Bonchev–Trinajstić information content (AvgIpc) is 2.84. The number of nitrogens with zero attached hydrogens (tertiary/aromatic N) is 1. The van der Waals surface area contributed by atoms with Crippen LogP contribution in [0.25, 0.3) is 0 Å². The number of amides is 1. The Bertz CT molecular complexity index is 460. The second-order valence-corrected chi connectivity index (χ2v) is 6.07. The largest absolute Gasteiger partial charge is 0.379 e. The lowest BCUT2D eigenvalue weighted by Gasteiger charge is -2.24. The lowest BCUT2D eigenvalue weighted by atomic mass is 9.85. The van der Waals surface area contributed by atoms with Crippen LogP contribution < -0.4 is 11.1 Å². The van der Waals surface area contributed by atoms with Crippen LogP contribution >= 0.6 is 11.3 Å². The van der Waals surface area contributed by atoms with Crippen molar-refractivity contribution in [2.24, 2.45) is 11.1 Å². The third-order valence-electron chi connectivity index (χ3n) is 3.48. The third-order valence-corrected chi connectivity index (χ3v) is 4.41. The van der Waals surface area contributed by atoms with Crippen LogP contribution in [0.4, 0.5) is 5.13 Å². The molecule has 3 N–H and O–H groups in total. The Morgan fingerprint density at radius 1 is 1.72 bits per heavy atom. The van der Waals surface area contributed by atoms with Crippen molar-refractivity contribution >= 4 is 22.4 Å². The number of aromatic nitrogens is 1. The van der Waals surface area contributed by atoms with Crippen molar-refractivity contribution in [1.29, 1.82) is 0 Å². The van der Waals surface area contributed by atoms with E-state index in [1.807, 2.05) is 13.8 Å². The molecule has 100 valence electrons. The van der Waals surface area contributed by atoms with Gasteiger partial charge in [-0.15, -0.1) is 11.3 Å². The van der Waals surface area contributed by atoms with Gasteiger partial charge in [0, 0.05) is 10.9 Å². The maximum atomic E-state index is 12.3. The van der Waals surface area contributed by atoms with Gasteiger partial charge in [0.25, 0.3) is 0 Å². The van der Waals surface area contributed by atoms with E-state index in [4.69, 9.17) is 10.5 Å². The molecule has 1 aromatic rings. The van der Waals surface area contributed by atoms with E-state index >= 15 is 0 Å². The molecule has 2 unspecified atom stereocenters. The molecule has 1 amide bonds. The molecule has 0 saturated carbocycles. The molecule has 2 heterocycles. The van der Waals surface area contributed by atoms with E-state index < -0.39 is 5.41 Å². The quantitative estimate of drug-likeness (QED) is 0.867. The van der Waals surface area contributed by atoms with Gasteiger partial charge in [0.05, 0.1) is 24.3 Å². The van der Waals surface area contributed by atoms with Gasteiger partial charge in [0.2, 0.25) is 5.91 Å². The van der Waals surface area contributed by atoms with Gasteiger partial charge in [-0.2, -0.15) is 0 Å². The monoisotopic (exact) mass is 269 g/mol. The van der Waals surface area contributed by atoms with Gasteiger partial charge in [-0.05, 0) is 20.3 Å². The lowest BCUT2D eigenvalue weighted by Crippen LogP contribution is -2.47. The fraction of sp³-hybridized carbons (Fsp3) is 0.667. The standard InChI is InChI=1S/C12H19N3O2S/c1-4-8-7(2)18-11(14-8)15-10(16)12(3)6-17-5-9(12)13/h9H,4-6,13H2,1-3H3,(H,14,15,16). The zero-order chi connectivity index (χ0) is 13.3. The molecule has 6 heteroatoms. The summed E-state index contributed by atoms with van der Waals surface area (Å²) in [6.45, 7) is 6.70. The zero-order valence-corrected chi connectivity index (χ0v) is 11.8. The van der Waals surface area contributed by atoms with Crippen molar-refractivity contribution < 1.29 is 9.53 Å². The van der Waals surface area contributed by atoms with Crippen molar-refractivity contribution in [2.75, 3.05) is 18.5 Å². The number of nitrogens with one attached hydrogen (secondary N) is 1. The first kappa shape index (κ1) is 13.5. The number of aryl methyl sites for hydroxylation is 2. The van der Waals surface area contributed by atoms with Gasteiger partial charge in [-0.1, -0.05) is 6.92 Å². The highest BCUT2D eigenvalue weighted by molar-refractivity contribution is 7.15. The summed E-state index contributed by atoms with van der Waals surface area (Å²) in [5, 5.41) is 3.51. The molecule has 0 aromatic carbocycles. The minimum Gasteiger partial charge on any atom is -0.379 e. The molecule has 1 aliphatic heterocycles. The summed E-state index contributed by atoms with van der Waals surface area (Å²) in [6.07, 6.45) is 0.873. The summed E-state index contributed by atoms with van der Waals surface area (Å²) in [5.74, 6) is -0.107. The number of hydrogen-bond acceptors (Lipinski definition) is 5. The Labute approximate surface area is 111 Å². The number of nitrogens with two attached hydrogens (primary N) is 1. The summed E-state index contributed by atoms with van der Waals surface area (Å²) in [7, 11) is 0. The minimum absolute atomic E-state index is 0.107. The number of rotatable bonds is 3. The maximum Gasteiger partial charge on any atom is 0.236 e. The Morgan fingerprint density at radius 3 is 2.94 bits per heavy atom. The van der Waals surface area contributed by atoms with Crippen LogP contribution in [-0.4, -0.2) is 30.1 Å². The van der Waals surface area contributed by atoms with Crippen LogP contribution in [-0.2, 0) is 16.0 Å². The molecular formula is C12H19N3O2S. The first-order chi connectivity index (χ1) is 8.47. The molecular weight excluding hydrogens is 250 g/mol. The number of ether oxygens (including phenoxy) is 1. The van der Waals surface area contributed by atoms with Crippen LogP contribution in [0.1, 0.15) is 24.4 Å². The van der Waals surface area contributed by atoms with E-state index in [0.717, 1.165) is 17.0 Å². The van der Waals surface area contributed by atoms with E-state index in [1.54, 1.807) is 0 Å². The second kappa shape index (κ2) is 4.95. The van der Waals surface area contributed by atoms with Crippen molar-refractivity contribution in [3.8, 4) is 0 Å². The average molecular weight is 269 g/mol. The van der Waals surface area contributed by atoms with E-state index in [0.29, 0.717) is 18.3 Å². The molecule has 2 rings (SSSR count). The summed E-state index contributed by atoms with van der Waals surface area (Å²) < 4.78 is 5.28. The fourth-order valence-corrected chi connectivity index (χ4v) is 2.87. The van der Waals surface area contributed by atoms with Crippen molar-refractivity contribution in [3.63, 3.8) is 0 Å². The molecule has 1 aliphatic rings. The molecule has 1 fully saturated rings. The molecule has 0 bridgehead atoms. The predicted molar refractivity (Wildman–Crippen MR) is 71.8 cm³/mol. The van der Waals surface area contributed by atoms with Crippen LogP contribution in [0.2, 0.25) is 0 Å². The maximum absolute atomic E-state index is 12.3. The summed E-state index contributed by atoms with van der Waals surface area (Å²) in [5.41, 5.74) is 6.30. The lowest BCUT2D eigenvalue weighted by molar-refractivity contribution is -0.125. The third kappa shape index (κ3) is 2.28. The number of thiazole rings is 1. The molecule has 0 spiro atoms. The van der Waals surface area contributed by atoms with E-state index in [-0.39, 0.29) is 11.9 Å². The van der Waals surface area contributed by atoms with Gasteiger partial charge in [0.1, 0.15) is 0 Å². The topological polar surface area (TPSA) is 77.2 Å². The molecule has 1 aromatic heterocycles. The van der Waals surface area contributed by atoms with E-state index in [2.05, 4.69) is 17.2 Å². The Morgan fingerprint density at radius 2 is 2.44 bits per heavy atom. The number of carbonyl (C=O) groups is 1. The highest BCUT2D eigenvalue weighted by atomic mass is 32.1. The summed E-state index contributed by atoms with van der Waals surface area (Å²) in [6, 6.07) is -0.260. The Hall–Kier alpha value is -0.980. The van der Waals surface area contributed by atoms with Crippen molar-refractivity contribution in [1.82, 2.24) is 4.98 Å². The predicted octanol–water partition coefficient (Wildman–Crippen LogP) is 1.32. The molecule has 18 heavy (non-hydrogen) atoms. The van der Waals surface area contributed by atoms with Gasteiger partial charge in [-0.25, -0.2) is 4.98 Å². The molecule has 1 saturated heterocycles. The SMILES string of the molecule is CCc1nc(NC(=O)C2(C)COCC2N)sc1C. The van der Waals surface area contributed by atoms with E-state index in [1.165, 1.54) is 11.3 Å². The number of anilines is 1. The van der Waals surface area contributed by atoms with Crippen molar-refractivity contribution in [3.05, 3.63) is 10.6 Å². The first-order valence-corrected chi connectivity index (χ1v) is 6.90. The molecule has 2 atom stereocenters. The van der Waals surface area contributed by atoms with Crippen LogP contribution in [0.3, 0.4) is 0 Å². The smallest absolute Gasteiger partial charge is 0.236 e. The normalized spacial score (nSPS) is 27.4. The highest BCUT2D eigenvalue weighted by Gasteiger charge is 2.44. The summed E-state index contributed by atoms with van der Waals surface area (Å²) in [4.78, 5) is 17.8. The van der Waals surface area contributed by atoms with E-state index in [9.17, 15) is 4.79 Å². The Balaban J connectivity index is 2.11. The van der Waals surface area contributed by atoms with Crippen LogP contribution in [0, 0.1) is 12.3 Å². The summed E-state index contributed by atoms with van der Waals surface area (Å²) >= 11 is 1.50.